The SMILES string of the molecule is O=C(Cn1cnc2onc(-c3cccc(F)c3)c2c1=O)Nc1ccc(Cl)cn1. The van der Waals surface area contributed by atoms with E-state index in [0.29, 0.717) is 16.4 Å². The third kappa shape index (κ3) is 3.47. The van der Waals surface area contributed by atoms with Gasteiger partial charge >= 0.3 is 0 Å². The van der Waals surface area contributed by atoms with Crippen molar-refractivity contribution in [1.29, 1.82) is 0 Å². The largest absolute Gasteiger partial charge is 0.335 e. The molecule has 1 amide bonds. The highest BCUT2D eigenvalue weighted by molar-refractivity contribution is 6.30. The van der Waals surface area contributed by atoms with Crippen molar-refractivity contribution < 1.29 is 13.7 Å². The summed E-state index contributed by atoms with van der Waals surface area (Å²) in [5, 5.41) is 6.87. The van der Waals surface area contributed by atoms with Gasteiger partial charge in [-0.05, 0) is 24.3 Å². The Hall–Kier alpha value is -3.59. The van der Waals surface area contributed by atoms with Crippen LogP contribution in [0.25, 0.3) is 22.4 Å². The lowest BCUT2D eigenvalue weighted by molar-refractivity contribution is -0.116. The molecule has 28 heavy (non-hydrogen) atoms. The summed E-state index contributed by atoms with van der Waals surface area (Å²) < 4.78 is 19.7. The fourth-order valence-corrected chi connectivity index (χ4v) is 2.72. The highest BCUT2D eigenvalue weighted by Gasteiger charge is 2.18. The highest BCUT2D eigenvalue weighted by Crippen LogP contribution is 2.24. The topological polar surface area (TPSA) is 103 Å². The summed E-state index contributed by atoms with van der Waals surface area (Å²) in [4.78, 5) is 33.0. The molecule has 4 rings (SSSR count). The molecule has 3 heterocycles. The molecule has 4 aromatic rings. The van der Waals surface area contributed by atoms with Gasteiger partial charge in [-0.1, -0.05) is 28.9 Å². The number of anilines is 1. The van der Waals surface area contributed by atoms with E-state index in [1.54, 1.807) is 12.1 Å². The van der Waals surface area contributed by atoms with Crippen LogP contribution < -0.4 is 10.9 Å². The maximum atomic E-state index is 13.5. The minimum Gasteiger partial charge on any atom is -0.335 e. The molecule has 0 aliphatic rings. The third-order valence-electron chi connectivity index (χ3n) is 3.87. The Labute approximate surface area is 161 Å². The zero-order valence-electron chi connectivity index (χ0n) is 14.1. The molecule has 8 nitrogen and oxygen atoms in total. The second kappa shape index (κ2) is 7.20. The number of hydrogen-bond donors (Lipinski definition) is 1. The van der Waals surface area contributed by atoms with Crippen LogP contribution in [0.4, 0.5) is 10.2 Å². The number of pyridine rings is 1. The number of nitrogens with one attached hydrogen (secondary N) is 1. The summed E-state index contributed by atoms with van der Waals surface area (Å²) in [7, 11) is 0. The molecule has 3 aromatic heterocycles. The second-order valence-corrected chi connectivity index (χ2v) is 6.25. The number of carbonyl (C=O) groups excluding carboxylic acids is 1. The van der Waals surface area contributed by atoms with Crippen molar-refractivity contribution in [1.82, 2.24) is 19.7 Å². The molecule has 0 radical (unpaired) electrons. The minimum atomic E-state index is -0.537. The summed E-state index contributed by atoms with van der Waals surface area (Å²) in [6.45, 7) is -0.306. The smallest absolute Gasteiger partial charge is 0.267 e. The number of carbonyl (C=O) groups is 1. The second-order valence-electron chi connectivity index (χ2n) is 5.81. The quantitative estimate of drug-likeness (QED) is 0.566. The summed E-state index contributed by atoms with van der Waals surface area (Å²) in [5.41, 5.74) is -0.0173. The van der Waals surface area contributed by atoms with Crippen molar-refractivity contribution >= 4 is 34.4 Å². The first-order valence-corrected chi connectivity index (χ1v) is 8.41. The summed E-state index contributed by atoms with van der Waals surface area (Å²) in [6.07, 6.45) is 2.57. The van der Waals surface area contributed by atoms with Crippen LogP contribution in [-0.2, 0) is 11.3 Å². The predicted molar refractivity (Wildman–Crippen MR) is 99.3 cm³/mol. The average molecular weight is 400 g/mol. The third-order valence-corrected chi connectivity index (χ3v) is 4.09. The molecular weight excluding hydrogens is 389 g/mol. The fraction of sp³-hybridized carbons (Fsp3) is 0.0556. The number of amides is 1. The first kappa shape index (κ1) is 17.8. The summed E-state index contributed by atoms with van der Waals surface area (Å²) in [6, 6.07) is 8.70. The number of aromatic nitrogens is 4. The van der Waals surface area contributed by atoms with Gasteiger partial charge in [-0.25, -0.2) is 14.4 Å². The summed E-state index contributed by atoms with van der Waals surface area (Å²) >= 11 is 5.75. The van der Waals surface area contributed by atoms with Crippen molar-refractivity contribution in [2.24, 2.45) is 0 Å². The van der Waals surface area contributed by atoms with Crippen LogP contribution in [0.2, 0.25) is 5.02 Å². The number of nitrogens with zero attached hydrogens (tertiary/aromatic N) is 4. The molecule has 0 spiro atoms. The lowest BCUT2D eigenvalue weighted by Crippen LogP contribution is -2.28. The van der Waals surface area contributed by atoms with Gasteiger partial charge in [-0.2, -0.15) is 0 Å². The van der Waals surface area contributed by atoms with Gasteiger partial charge in [0.2, 0.25) is 5.91 Å². The molecular formula is C18H11ClFN5O3. The fourth-order valence-electron chi connectivity index (χ4n) is 2.61. The van der Waals surface area contributed by atoms with Gasteiger partial charge in [0.1, 0.15) is 35.6 Å². The molecule has 0 unspecified atom stereocenters. The van der Waals surface area contributed by atoms with Crippen LogP contribution in [-0.4, -0.2) is 25.6 Å². The Morgan fingerprint density at radius 1 is 1.25 bits per heavy atom. The van der Waals surface area contributed by atoms with Crippen LogP contribution >= 0.6 is 11.6 Å². The molecule has 1 aromatic carbocycles. The van der Waals surface area contributed by atoms with E-state index >= 15 is 0 Å². The van der Waals surface area contributed by atoms with E-state index in [0.717, 1.165) is 4.57 Å². The first-order chi connectivity index (χ1) is 13.5. The molecule has 0 saturated carbocycles. The van der Waals surface area contributed by atoms with Gasteiger partial charge in [-0.15, -0.1) is 0 Å². The zero-order chi connectivity index (χ0) is 19.7. The van der Waals surface area contributed by atoms with Crippen molar-refractivity contribution in [3.8, 4) is 11.3 Å². The zero-order valence-corrected chi connectivity index (χ0v) is 14.9. The van der Waals surface area contributed by atoms with E-state index in [1.807, 2.05) is 0 Å². The molecule has 1 N–H and O–H groups in total. The predicted octanol–water partition coefficient (Wildman–Crippen LogP) is 2.88. The molecule has 0 saturated heterocycles. The standard InChI is InChI=1S/C18H11ClFN5O3/c19-11-4-5-13(21-7-11)23-14(26)8-25-9-22-17-15(18(25)27)16(24-28-17)10-2-1-3-12(20)6-10/h1-7,9H,8H2,(H,21,23,26). The van der Waals surface area contributed by atoms with Crippen LogP contribution in [0.15, 0.2) is 58.2 Å². The highest BCUT2D eigenvalue weighted by atomic mass is 35.5. The van der Waals surface area contributed by atoms with E-state index in [-0.39, 0.29) is 23.3 Å². The lowest BCUT2D eigenvalue weighted by Gasteiger charge is -2.06. The molecule has 0 fully saturated rings. The van der Waals surface area contributed by atoms with Crippen LogP contribution in [0, 0.1) is 5.82 Å². The van der Waals surface area contributed by atoms with Gasteiger partial charge < -0.3 is 9.84 Å². The Balaban J connectivity index is 1.66. The molecule has 140 valence electrons. The van der Waals surface area contributed by atoms with Gasteiger partial charge in [0, 0.05) is 11.8 Å². The van der Waals surface area contributed by atoms with Crippen molar-refractivity contribution in [3.05, 3.63) is 70.1 Å². The van der Waals surface area contributed by atoms with Crippen molar-refractivity contribution in [3.63, 3.8) is 0 Å². The number of benzene rings is 1. The Bertz CT molecular complexity index is 1240. The summed E-state index contributed by atoms with van der Waals surface area (Å²) in [5.74, 6) is -0.670. The van der Waals surface area contributed by atoms with Gasteiger partial charge in [0.05, 0.1) is 5.02 Å². The maximum Gasteiger partial charge on any atom is 0.267 e. The number of fused-ring (bicyclic) bond motifs is 1. The van der Waals surface area contributed by atoms with Gasteiger partial charge in [-0.3, -0.25) is 14.2 Å². The van der Waals surface area contributed by atoms with Gasteiger partial charge in [0.25, 0.3) is 11.3 Å². The normalized spacial score (nSPS) is 10.9. The van der Waals surface area contributed by atoms with Gasteiger partial charge in [0.15, 0.2) is 0 Å². The monoisotopic (exact) mass is 399 g/mol. The Morgan fingerprint density at radius 3 is 2.86 bits per heavy atom. The number of rotatable bonds is 4. The molecule has 0 bridgehead atoms. The van der Waals surface area contributed by atoms with Crippen molar-refractivity contribution in [2.75, 3.05) is 5.32 Å². The molecule has 0 aliphatic heterocycles. The Morgan fingerprint density at radius 2 is 2.11 bits per heavy atom. The molecule has 10 heteroatoms. The lowest BCUT2D eigenvalue weighted by atomic mass is 10.1. The number of halogens is 2. The van der Waals surface area contributed by atoms with E-state index in [2.05, 4.69) is 20.4 Å². The number of hydrogen-bond acceptors (Lipinski definition) is 6. The average Bonchev–Trinajstić information content (AvgIpc) is 3.11. The van der Waals surface area contributed by atoms with Crippen LogP contribution in [0.5, 0.6) is 0 Å². The van der Waals surface area contributed by atoms with E-state index in [4.69, 9.17) is 16.1 Å². The van der Waals surface area contributed by atoms with E-state index < -0.39 is 17.3 Å². The van der Waals surface area contributed by atoms with Crippen LogP contribution in [0.1, 0.15) is 0 Å². The molecule has 0 aliphatic carbocycles. The maximum absolute atomic E-state index is 13.5. The van der Waals surface area contributed by atoms with E-state index in [9.17, 15) is 14.0 Å². The molecule has 0 atom stereocenters. The van der Waals surface area contributed by atoms with Crippen LogP contribution in [0.3, 0.4) is 0 Å². The first-order valence-electron chi connectivity index (χ1n) is 8.03. The minimum absolute atomic E-state index is 0.000266. The van der Waals surface area contributed by atoms with Crippen molar-refractivity contribution in [2.45, 2.75) is 6.54 Å². The van der Waals surface area contributed by atoms with E-state index in [1.165, 1.54) is 36.8 Å². The Kier molecular flexibility index (Phi) is 4.58.